The van der Waals surface area contributed by atoms with Crippen molar-refractivity contribution >= 4 is 50.7 Å². The molecule has 2 aromatic carbocycles. The summed E-state index contributed by atoms with van der Waals surface area (Å²) in [4.78, 5) is 27.3. The average molecular weight is 546 g/mol. The minimum absolute atomic E-state index is 0.0545. The summed E-state index contributed by atoms with van der Waals surface area (Å²) in [5.74, 6) is -1.36. The lowest BCUT2D eigenvalue weighted by atomic mass is 10.1. The lowest BCUT2D eigenvalue weighted by molar-refractivity contribution is -0.140. The zero-order chi connectivity index (χ0) is 26.3. The molecule has 11 heteroatoms. The summed E-state index contributed by atoms with van der Waals surface area (Å²) in [5.41, 5.74) is 0.598. The van der Waals surface area contributed by atoms with Gasteiger partial charge in [0, 0.05) is 25.6 Å². The molecule has 0 aromatic heterocycles. The minimum atomic E-state index is -3.78. The summed E-state index contributed by atoms with van der Waals surface area (Å²) >= 11 is 12.1. The molecular weight excluding hydrogens is 516 g/mol. The maximum absolute atomic E-state index is 14.2. The van der Waals surface area contributed by atoms with Crippen LogP contribution in [0, 0.1) is 5.82 Å². The van der Waals surface area contributed by atoms with E-state index < -0.39 is 21.9 Å². The molecular formula is C24H30Cl2FN3O4S. The third-order valence-electron chi connectivity index (χ3n) is 5.21. The molecule has 0 saturated carbocycles. The van der Waals surface area contributed by atoms with Gasteiger partial charge in [-0.3, -0.25) is 13.9 Å². The van der Waals surface area contributed by atoms with Gasteiger partial charge in [0.2, 0.25) is 21.8 Å². The van der Waals surface area contributed by atoms with Crippen LogP contribution in [0.5, 0.6) is 0 Å². The zero-order valence-corrected chi connectivity index (χ0v) is 22.4. The van der Waals surface area contributed by atoms with Gasteiger partial charge in [-0.15, -0.1) is 0 Å². The van der Waals surface area contributed by atoms with Crippen molar-refractivity contribution in [2.24, 2.45) is 0 Å². The van der Waals surface area contributed by atoms with Gasteiger partial charge in [-0.25, -0.2) is 12.8 Å². The fraction of sp³-hybridized carbons (Fsp3) is 0.417. The highest BCUT2D eigenvalue weighted by molar-refractivity contribution is 7.92. The fourth-order valence-electron chi connectivity index (χ4n) is 3.46. The van der Waals surface area contributed by atoms with E-state index in [0.717, 1.165) is 10.6 Å². The SMILES string of the molecule is CC(C)NC(=O)C(C)N(Cc1ccc(Cl)c(Cl)c1)C(=O)CCCN(c1ccccc1F)S(C)(=O)=O. The number of nitrogens with one attached hydrogen (secondary N) is 1. The van der Waals surface area contributed by atoms with Crippen LogP contribution in [0.15, 0.2) is 42.5 Å². The van der Waals surface area contributed by atoms with E-state index in [0.29, 0.717) is 15.6 Å². The van der Waals surface area contributed by atoms with E-state index in [1.165, 1.54) is 29.2 Å². The Morgan fingerprint density at radius 2 is 1.71 bits per heavy atom. The third-order valence-corrected chi connectivity index (χ3v) is 7.13. The summed E-state index contributed by atoms with van der Waals surface area (Å²) in [7, 11) is -3.78. The molecule has 2 aromatic rings. The van der Waals surface area contributed by atoms with Gasteiger partial charge >= 0.3 is 0 Å². The van der Waals surface area contributed by atoms with Crippen LogP contribution in [0.25, 0.3) is 0 Å². The number of rotatable bonds is 11. The Hall–Kier alpha value is -2.36. The average Bonchev–Trinajstić information content (AvgIpc) is 2.76. The Morgan fingerprint density at radius 1 is 1.06 bits per heavy atom. The highest BCUT2D eigenvalue weighted by atomic mass is 35.5. The largest absolute Gasteiger partial charge is 0.352 e. The smallest absolute Gasteiger partial charge is 0.242 e. The van der Waals surface area contributed by atoms with Crippen molar-refractivity contribution in [1.82, 2.24) is 10.2 Å². The molecule has 35 heavy (non-hydrogen) atoms. The van der Waals surface area contributed by atoms with E-state index >= 15 is 0 Å². The van der Waals surface area contributed by atoms with Crippen molar-refractivity contribution in [3.8, 4) is 0 Å². The number of hydrogen-bond donors (Lipinski definition) is 1. The molecule has 1 N–H and O–H groups in total. The summed E-state index contributed by atoms with van der Waals surface area (Å²) < 4.78 is 39.7. The van der Waals surface area contributed by atoms with Crippen LogP contribution in [0.2, 0.25) is 10.0 Å². The maximum atomic E-state index is 14.2. The standard InChI is InChI=1S/C24H30Cl2FN3O4S/c1-16(2)28-24(32)17(3)29(15-18-11-12-19(25)20(26)14-18)23(31)10-7-13-30(35(4,33)34)22-9-6-5-8-21(22)27/h5-6,8-9,11-12,14,16-17H,7,10,13,15H2,1-4H3,(H,28,32). The molecule has 7 nitrogen and oxygen atoms in total. The van der Waals surface area contributed by atoms with E-state index in [4.69, 9.17) is 23.2 Å². The van der Waals surface area contributed by atoms with Crippen LogP contribution in [0.4, 0.5) is 10.1 Å². The second kappa shape index (κ2) is 12.6. The molecule has 2 amide bonds. The minimum Gasteiger partial charge on any atom is -0.352 e. The van der Waals surface area contributed by atoms with Gasteiger partial charge in [-0.05, 0) is 57.0 Å². The van der Waals surface area contributed by atoms with Crippen molar-refractivity contribution in [3.63, 3.8) is 0 Å². The lowest BCUT2D eigenvalue weighted by Gasteiger charge is -2.30. The second-order valence-corrected chi connectivity index (χ2v) is 11.2. The third kappa shape index (κ3) is 8.37. The lowest BCUT2D eigenvalue weighted by Crippen LogP contribution is -2.49. The second-order valence-electron chi connectivity index (χ2n) is 8.50. The van der Waals surface area contributed by atoms with Crippen molar-refractivity contribution in [2.45, 2.75) is 52.2 Å². The number of halogens is 3. The summed E-state index contributed by atoms with van der Waals surface area (Å²) in [6, 6.07) is 9.58. The number of hydrogen-bond acceptors (Lipinski definition) is 4. The predicted molar refractivity (Wildman–Crippen MR) is 138 cm³/mol. The number of carbonyl (C=O) groups excluding carboxylic acids is 2. The number of nitrogens with zero attached hydrogens (tertiary/aromatic N) is 2. The quantitative estimate of drug-likeness (QED) is 0.446. The van der Waals surface area contributed by atoms with Crippen LogP contribution < -0.4 is 9.62 Å². The number of sulfonamides is 1. The summed E-state index contributed by atoms with van der Waals surface area (Å²) in [5, 5.41) is 3.49. The normalized spacial score (nSPS) is 12.3. The Bertz CT molecular complexity index is 1160. The first-order valence-electron chi connectivity index (χ1n) is 11.1. The topological polar surface area (TPSA) is 86.8 Å². The number of carbonyl (C=O) groups is 2. The number of benzene rings is 2. The highest BCUT2D eigenvalue weighted by Gasteiger charge is 2.27. The van der Waals surface area contributed by atoms with Gasteiger partial charge in [-0.1, -0.05) is 41.4 Å². The first kappa shape index (κ1) is 28.9. The molecule has 0 fully saturated rings. The van der Waals surface area contributed by atoms with Crippen LogP contribution >= 0.6 is 23.2 Å². The number of anilines is 1. The number of para-hydroxylation sites is 1. The van der Waals surface area contributed by atoms with Crippen LogP contribution in [-0.4, -0.2) is 50.0 Å². The zero-order valence-electron chi connectivity index (χ0n) is 20.1. The molecule has 0 aliphatic rings. The molecule has 0 aliphatic carbocycles. The number of amides is 2. The molecule has 1 atom stereocenters. The van der Waals surface area contributed by atoms with Gasteiger partial charge in [0.1, 0.15) is 11.9 Å². The highest BCUT2D eigenvalue weighted by Crippen LogP contribution is 2.25. The van der Waals surface area contributed by atoms with Crippen molar-refractivity contribution in [3.05, 3.63) is 63.9 Å². The van der Waals surface area contributed by atoms with Crippen molar-refractivity contribution in [1.29, 1.82) is 0 Å². The van der Waals surface area contributed by atoms with E-state index in [2.05, 4.69) is 5.32 Å². The predicted octanol–water partition coefficient (Wildman–Crippen LogP) is 4.62. The molecule has 2 rings (SSSR count). The molecule has 0 spiro atoms. The van der Waals surface area contributed by atoms with Crippen molar-refractivity contribution in [2.75, 3.05) is 17.1 Å². The monoisotopic (exact) mass is 545 g/mol. The maximum Gasteiger partial charge on any atom is 0.242 e. The van der Waals surface area contributed by atoms with Crippen molar-refractivity contribution < 1.29 is 22.4 Å². The molecule has 0 bridgehead atoms. The van der Waals surface area contributed by atoms with E-state index in [-0.39, 0.29) is 49.5 Å². The van der Waals surface area contributed by atoms with Crippen LogP contribution in [-0.2, 0) is 26.2 Å². The molecule has 1 unspecified atom stereocenters. The molecule has 192 valence electrons. The van der Waals surface area contributed by atoms with E-state index in [1.807, 2.05) is 13.8 Å². The first-order chi connectivity index (χ1) is 16.3. The Kier molecular flexibility index (Phi) is 10.4. The fourth-order valence-corrected chi connectivity index (χ4v) is 4.75. The van der Waals surface area contributed by atoms with Gasteiger partial charge in [0.05, 0.1) is 22.0 Å². The molecule has 0 heterocycles. The summed E-state index contributed by atoms with van der Waals surface area (Å²) in [6.45, 7) is 5.26. The molecule has 0 saturated heterocycles. The van der Waals surface area contributed by atoms with Gasteiger partial charge in [0.15, 0.2) is 0 Å². The van der Waals surface area contributed by atoms with Crippen LogP contribution in [0.1, 0.15) is 39.2 Å². The van der Waals surface area contributed by atoms with E-state index in [9.17, 15) is 22.4 Å². The summed E-state index contributed by atoms with van der Waals surface area (Å²) in [6.07, 6.45) is 1.05. The first-order valence-corrected chi connectivity index (χ1v) is 13.7. The molecule has 0 aliphatic heterocycles. The Labute approximate surface area is 216 Å². The van der Waals surface area contributed by atoms with Gasteiger partial charge in [-0.2, -0.15) is 0 Å². The Morgan fingerprint density at radius 3 is 2.29 bits per heavy atom. The van der Waals surface area contributed by atoms with Gasteiger partial charge < -0.3 is 10.2 Å². The Balaban J connectivity index is 2.20. The van der Waals surface area contributed by atoms with Crippen LogP contribution in [0.3, 0.4) is 0 Å². The van der Waals surface area contributed by atoms with Gasteiger partial charge in [0.25, 0.3) is 0 Å². The molecule has 0 radical (unpaired) electrons. The van der Waals surface area contributed by atoms with E-state index in [1.54, 1.807) is 25.1 Å².